The summed E-state index contributed by atoms with van der Waals surface area (Å²) < 4.78 is 4.92. The molecular formula is C20H15N3O3S2. The predicted octanol–water partition coefficient (Wildman–Crippen LogP) is 4.59. The van der Waals surface area contributed by atoms with Crippen molar-refractivity contribution in [2.24, 2.45) is 0 Å². The highest BCUT2D eigenvalue weighted by Crippen LogP contribution is 2.28. The first-order chi connectivity index (χ1) is 13.6. The lowest BCUT2D eigenvalue weighted by atomic mass is 10.2. The Morgan fingerprint density at radius 3 is 2.68 bits per heavy atom. The Morgan fingerprint density at radius 2 is 2.04 bits per heavy atom. The fourth-order valence-electron chi connectivity index (χ4n) is 2.26. The number of hydrogen-bond acceptors (Lipinski definition) is 7. The smallest absolute Gasteiger partial charge is 0.338 e. The molecule has 0 spiro atoms. The molecule has 2 heterocycles. The minimum atomic E-state index is -0.544. The molecule has 0 aliphatic carbocycles. The fraction of sp³-hybridized carbons (Fsp3) is 0.100. The molecule has 140 valence electrons. The average Bonchev–Trinajstić information content (AvgIpc) is 3.38. The van der Waals surface area contributed by atoms with Gasteiger partial charge < -0.3 is 10.1 Å². The van der Waals surface area contributed by atoms with E-state index in [1.54, 1.807) is 47.9 Å². The second-order valence-corrected chi connectivity index (χ2v) is 7.28. The maximum Gasteiger partial charge on any atom is 0.338 e. The van der Waals surface area contributed by atoms with Crippen LogP contribution in [0.3, 0.4) is 0 Å². The average molecular weight is 409 g/mol. The lowest BCUT2D eigenvalue weighted by molar-refractivity contribution is -0.112. The van der Waals surface area contributed by atoms with E-state index < -0.39 is 11.9 Å². The fourth-order valence-corrected chi connectivity index (χ4v) is 3.86. The van der Waals surface area contributed by atoms with Crippen molar-refractivity contribution < 1.29 is 14.3 Å². The Balaban J connectivity index is 1.71. The van der Waals surface area contributed by atoms with Gasteiger partial charge in [0.05, 0.1) is 22.7 Å². The molecule has 3 aromatic rings. The molecule has 0 saturated heterocycles. The molecule has 0 aliphatic heterocycles. The molecule has 1 amide bonds. The summed E-state index contributed by atoms with van der Waals surface area (Å²) in [5, 5.41) is 16.6. The third-order valence-electron chi connectivity index (χ3n) is 3.57. The van der Waals surface area contributed by atoms with Crippen molar-refractivity contribution in [2.45, 2.75) is 6.92 Å². The van der Waals surface area contributed by atoms with Crippen molar-refractivity contribution in [3.05, 3.63) is 64.0 Å². The molecule has 0 unspecified atom stereocenters. The Kier molecular flexibility index (Phi) is 6.32. The van der Waals surface area contributed by atoms with Crippen LogP contribution < -0.4 is 5.32 Å². The molecule has 0 radical (unpaired) electrons. The number of amides is 1. The summed E-state index contributed by atoms with van der Waals surface area (Å²) in [5.41, 5.74) is 1.35. The van der Waals surface area contributed by atoms with Gasteiger partial charge in [0.2, 0.25) is 0 Å². The maximum atomic E-state index is 12.4. The first-order valence-corrected chi connectivity index (χ1v) is 10.1. The van der Waals surface area contributed by atoms with Gasteiger partial charge in [-0.15, -0.1) is 22.7 Å². The molecule has 0 fully saturated rings. The number of hydrogen-bond donors (Lipinski definition) is 1. The second-order valence-electron chi connectivity index (χ2n) is 5.48. The quantitative estimate of drug-likeness (QED) is 0.365. The highest BCUT2D eigenvalue weighted by atomic mass is 32.1. The number of carbonyl (C=O) groups excluding carboxylic acids is 2. The van der Waals surface area contributed by atoms with Gasteiger partial charge in [-0.2, -0.15) is 5.26 Å². The molecule has 2 aromatic heterocycles. The lowest BCUT2D eigenvalue weighted by Crippen LogP contribution is -2.13. The molecule has 0 atom stereocenters. The van der Waals surface area contributed by atoms with Crippen LogP contribution in [-0.2, 0) is 9.53 Å². The van der Waals surface area contributed by atoms with Crippen molar-refractivity contribution in [3.8, 4) is 16.0 Å². The van der Waals surface area contributed by atoms with Crippen molar-refractivity contribution >= 4 is 46.3 Å². The van der Waals surface area contributed by atoms with Crippen LogP contribution in [0.2, 0.25) is 0 Å². The lowest BCUT2D eigenvalue weighted by Gasteiger charge is -2.05. The molecule has 0 bridgehead atoms. The number of esters is 1. The number of carbonyl (C=O) groups is 2. The van der Waals surface area contributed by atoms with Crippen molar-refractivity contribution in [2.75, 3.05) is 11.9 Å². The third kappa shape index (κ3) is 4.71. The number of nitriles is 1. The summed E-state index contributed by atoms with van der Waals surface area (Å²) in [6.45, 7) is 2.02. The third-order valence-corrected chi connectivity index (χ3v) is 5.46. The van der Waals surface area contributed by atoms with E-state index in [1.807, 2.05) is 23.6 Å². The monoisotopic (exact) mass is 409 g/mol. The van der Waals surface area contributed by atoms with Gasteiger partial charge in [-0.05, 0) is 48.7 Å². The Labute approximate surface area is 169 Å². The molecule has 3 rings (SSSR count). The van der Waals surface area contributed by atoms with E-state index in [-0.39, 0.29) is 5.57 Å². The molecule has 6 nitrogen and oxygen atoms in total. The van der Waals surface area contributed by atoms with E-state index in [9.17, 15) is 14.9 Å². The normalized spacial score (nSPS) is 10.9. The molecule has 8 heteroatoms. The minimum absolute atomic E-state index is 0.0579. The predicted molar refractivity (Wildman–Crippen MR) is 110 cm³/mol. The summed E-state index contributed by atoms with van der Waals surface area (Å²) in [5.74, 6) is -0.972. The second kappa shape index (κ2) is 9.08. The van der Waals surface area contributed by atoms with E-state index in [1.165, 1.54) is 17.4 Å². The standard InChI is InChI=1S/C20H15N3O3S2/c1-2-26-20(25)13-5-7-15(8-6-13)22-18(24)14(11-21)10-16-12-28-19(23-16)17-4-3-9-27-17/h3-10,12H,2H2,1H3,(H,22,24)/b14-10+. The Hall–Kier alpha value is -3.28. The number of ether oxygens (including phenoxy) is 1. The molecule has 28 heavy (non-hydrogen) atoms. The maximum absolute atomic E-state index is 12.4. The summed E-state index contributed by atoms with van der Waals surface area (Å²) in [6, 6.07) is 12.1. The van der Waals surface area contributed by atoms with Gasteiger partial charge in [0, 0.05) is 11.1 Å². The van der Waals surface area contributed by atoms with Gasteiger partial charge >= 0.3 is 5.97 Å². The van der Waals surface area contributed by atoms with Gasteiger partial charge in [-0.3, -0.25) is 4.79 Å². The van der Waals surface area contributed by atoms with Gasteiger partial charge in [0.1, 0.15) is 16.6 Å². The Bertz CT molecular complexity index is 1050. The highest BCUT2D eigenvalue weighted by molar-refractivity contribution is 7.20. The molecule has 0 aliphatic rings. The Morgan fingerprint density at radius 1 is 1.25 bits per heavy atom. The van der Waals surface area contributed by atoms with E-state index in [0.29, 0.717) is 23.6 Å². The number of thiophene rings is 1. The van der Waals surface area contributed by atoms with Crippen molar-refractivity contribution in [1.29, 1.82) is 5.26 Å². The SMILES string of the molecule is CCOC(=O)c1ccc(NC(=O)/C(C#N)=C/c2csc(-c3cccs3)n2)cc1. The summed E-state index contributed by atoms with van der Waals surface area (Å²) in [6.07, 6.45) is 1.45. The first kappa shape index (κ1) is 19.5. The van der Waals surface area contributed by atoms with E-state index in [0.717, 1.165) is 9.88 Å². The minimum Gasteiger partial charge on any atom is -0.462 e. The van der Waals surface area contributed by atoms with Crippen LogP contribution in [0.5, 0.6) is 0 Å². The molecule has 1 aromatic carbocycles. The van der Waals surface area contributed by atoms with E-state index in [2.05, 4.69) is 10.3 Å². The zero-order chi connectivity index (χ0) is 19.9. The number of aromatic nitrogens is 1. The zero-order valence-electron chi connectivity index (χ0n) is 14.8. The molecule has 0 saturated carbocycles. The van der Waals surface area contributed by atoms with Crippen LogP contribution >= 0.6 is 22.7 Å². The summed E-state index contributed by atoms with van der Waals surface area (Å²) in [4.78, 5) is 29.5. The van der Waals surface area contributed by atoms with Crippen LogP contribution in [0.4, 0.5) is 5.69 Å². The summed E-state index contributed by atoms with van der Waals surface area (Å²) >= 11 is 3.03. The van der Waals surface area contributed by atoms with Crippen LogP contribution in [0.1, 0.15) is 23.0 Å². The van der Waals surface area contributed by atoms with Gasteiger partial charge in [0.25, 0.3) is 5.91 Å². The topological polar surface area (TPSA) is 92.1 Å². The van der Waals surface area contributed by atoms with Crippen LogP contribution in [-0.4, -0.2) is 23.5 Å². The number of rotatable bonds is 6. The molecule has 1 N–H and O–H groups in total. The van der Waals surface area contributed by atoms with Gasteiger partial charge in [0.15, 0.2) is 0 Å². The van der Waals surface area contributed by atoms with Crippen molar-refractivity contribution in [1.82, 2.24) is 4.98 Å². The largest absolute Gasteiger partial charge is 0.462 e. The zero-order valence-corrected chi connectivity index (χ0v) is 16.5. The number of nitrogens with one attached hydrogen (secondary N) is 1. The highest BCUT2D eigenvalue weighted by Gasteiger charge is 2.12. The van der Waals surface area contributed by atoms with Crippen LogP contribution in [0.15, 0.2) is 52.7 Å². The number of nitrogens with zero attached hydrogens (tertiary/aromatic N) is 2. The van der Waals surface area contributed by atoms with Gasteiger partial charge in [-0.1, -0.05) is 6.07 Å². The van der Waals surface area contributed by atoms with Crippen LogP contribution in [0.25, 0.3) is 16.0 Å². The number of thiazole rings is 1. The summed E-state index contributed by atoms with van der Waals surface area (Å²) in [7, 11) is 0. The number of benzene rings is 1. The first-order valence-electron chi connectivity index (χ1n) is 8.30. The van der Waals surface area contributed by atoms with Gasteiger partial charge in [-0.25, -0.2) is 9.78 Å². The van der Waals surface area contributed by atoms with E-state index in [4.69, 9.17) is 4.74 Å². The van der Waals surface area contributed by atoms with Crippen molar-refractivity contribution in [3.63, 3.8) is 0 Å². The number of anilines is 1. The molecular weight excluding hydrogens is 394 g/mol. The van der Waals surface area contributed by atoms with Crippen LogP contribution in [0, 0.1) is 11.3 Å². The van der Waals surface area contributed by atoms with E-state index >= 15 is 0 Å².